The third-order valence-electron chi connectivity index (χ3n) is 6.40. The Labute approximate surface area is 183 Å². The number of para-hydroxylation sites is 1. The Balaban J connectivity index is 1.27. The van der Waals surface area contributed by atoms with Gasteiger partial charge in [-0.05, 0) is 49.7 Å². The molecular formula is C23H24N6OS. The molecule has 2 aliphatic heterocycles. The summed E-state index contributed by atoms with van der Waals surface area (Å²) >= 11 is 1.39. The molecule has 0 bridgehead atoms. The molecular weight excluding hydrogens is 408 g/mol. The van der Waals surface area contributed by atoms with Gasteiger partial charge in [0.25, 0.3) is 5.56 Å². The minimum Gasteiger partial charge on any atom is -0.369 e. The number of nitrogens with one attached hydrogen (secondary N) is 1. The Morgan fingerprint density at radius 3 is 2.94 bits per heavy atom. The highest BCUT2D eigenvalue weighted by atomic mass is 32.1. The summed E-state index contributed by atoms with van der Waals surface area (Å²) in [6.45, 7) is 4.55. The average molecular weight is 433 g/mol. The highest BCUT2D eigenvalue weighted by Crippen LogP contribution is 2.29. The monoisotopic (exact) mass is 432 g/mol. The summed E-state index contributed by atoms with van der Waals surface area (Å²) in [6, 6.07) is 16.5. The number of piperidine rings is 1. The van der Waals surface area contributed by atoms with Crippen molar-refractivity contribution in [2.24, 2.45) is 0 Å². The molecule has 2 aromatic carbocycles. The first-order valence-corrected chi connectivity index (χ1v) is 11.7. The lowest BCUT2D eigenvalue weighted by molar-refractivity contribution is 0.133. The average Bonchev–Trinajstić information content (AvgIpc) is 3.21. The van der Waals surface area contributed by atoms with Crippen LogP contribution in [0.1, 0.15) is 19.3 Å². The van der Waals surface area contributed by atoms with Crippen molar-refractivity contribution < 1.29 is 0 Å². The third kappa shape index (κ3) is 3.45. The van der Waals surface area contributed by atoms with E-state index in [0.29, 0.717) is 27.0 Å². The first-order valence-electron chi connectivity index (χ1n) is 10.9. The molecule has 0 aliphatic carbocycles. The van der Waals surface area contributed by atoms with Crippen LogP contribution in [0.25, 0.3) is 15.9 Å². The van der Waals surface area contributed by atoms with Crippen LogP contribution in [0.15, 0.2) is 53.3 Å². The topological polar surface area (TPSA) is 65.8 Å². The van der Waals surface area contributed by atoms with E-state index < -0.39 is 0 Å². The summed E-state index contributed by atoms with van der Waals surface area (Å²) < 4.78 is 1.39. The van der Waals surface area contributed by atoms with Crippen LogP contribution in [0.2, 0.25) is 0 Å². The van der Waals surface area contributed by atoms with Gasteiger partial charge < -0.3 is 10.2 Å². The van der Waals surface area contributed by atoms with E-state index in [0.717, 1.165) is 25.3 Å². The number of nitrogens with zero attached hydrogens (tertiary/aromatic N) is 5. The lowest BCUT2D eigenvalue weighted by atomic mass is 9.99. The molecule has 31 heavy (non-hydrogen) atoms. The van der Waals surface area contributed by atoms with Gasteiger partial charge in [-0.15, -0.1) is 5.10 Å². The van der Waals surface area contributed by atoms with Crippen LogP contribution >= 0.6 is 11.3 Å². The minimum absolute atomic E-state index is 0.135. The predicted octanol–water partition coefficient (Wildman–Crippen LogP) is 3.72. The van der Waals surface area contributed by atoms with E-state index >= 15 is 0 Å². The second kappa shape index (κ2) is 7.62. The zero-order chi connectivity index (χ0) is 20.8. The van der Waals surface area contributed by atoms with Crippen LogP contribution in [0, 0.1) is 0 Å². The summed E-state index contributed by atoms with van der Waals surface area (Å²) in [6.07, 6.45) is 3.98. The van der Waals surface area contributed by atoms with Crippen LogP contribution in [0.5, 0.6) is 0 Å². The lowest BCUT2D eigenvalue weighted by Crippen LogP contribution is -2.54. The van der Waals surface area contributed by atoms with Crippen molar-refractivity contribution in [2.75, 3.05) is 36.4 Å². The van der Waals surface area contributed by atoms with Crippen molar-refractivity contribution in [3.63, 3.8) is 0 Å². The largest absolute Gasteiger partial charge is 0.369 e. The van der Waals surface area contributed by atoms with Gasteiger partial charge >= 0.3 is 0 Å². The number of hydrogen-bond donors (Lipinski definition) is 1. The van der Waals surface area contributed by atoms with Gasteiger partial charge in [-0.2, -0.15) is 4.52 Å². The van der Waals surface area contributed by atoms with E-state index in [4.69, 9.17) is 0 Å². The van der Waals surface area contributed by atoms with Crippen molar-refractivity contribution in [1.29, 1.82) is 0 Å². The molecule has 8 heteroatoms. The molecule has 1 unspecified atom stereocenters. The van der Waals surface area contributed by atoms with E-state index in [1.807, 2.05) is 24.3 Å². The van der Waals surface area contributed by atoms with Crippen molar-refractivity contribution in [3.05, 3.63) is 58.9 Å². The molecule has 4 aromatic rings. The Bertz CT molecular complexity index is 1310. The molecule has 4 heterocycles. The molecule has 1 N–H and O–H groups in total. The van der Waals surface area contributed by atoms with Gasteiger partial charge in [-0.25, -0.2) is 4.98 Å². The maximum Gasteiger partial charge on any atom is 0.283 e. The van der Waals surface area contributed by atoms with E-state index in [1.165, 1.54) is 47.3 Å². The van der Waals surface area contributed by atoms with Crippen molar-refractivity contribution >= 4 is 43.7 Å². The SMILES string of the molecule is O=c1c2ccccc2nc2sc(Nc3cccc(N4CCN5CCCCC5C4)c3)nn12. The molecule has 0 amide bonds. The van der Waals surface area contributed by atoms with Gasteiger partial charge in [0.2, 0.25) is 10.1 Å². The summed E-state index contributed by atoms with van der Waals surface area (Å²) in [7, 11) is 0. The fourth-order valence-corrected chi connectivity index (χ4v) is 5.62. The standard InChI is InChI=1S/C23H24N6OS/c30-21-19-9-1-2-10-20(19)25-23-29(21)26-22(31-23)24-16-6-5-8-17(14-16)28-13-12-27-11-4-3-7-18(27)15-28/h1-2,5-6,8-10,14,18H,3-4,7,11-13,15H2,(H,24,26). The molecule has 0 spiro atoms. The Morgan fingerprint density at radius 1 is 1.03 bits per heavy atom. The molecule has 0 radical (unpaired) electrons. The molecule has 2 fully saturated rings. The van der Waals surface area contributed by atoms with E-state index in [9.17, 15) is 4.79 Å². The maximum atomic E-state index is 12.8. The first kappa shape index (κ1) is 18.8. The van der Waals surface area contributed by atoms with Crippen LogP contribution < -0.4 is 15.8 Å². The minimum atomic E-state index is -0.135. The predicted molar refractivity (Wildman–Crippen MR) is 126 cm³/mol. The van der Waals surface area contributed by atoms with Gasteiger partial charge in [-0.3, -0.25) is 9.69 Å². The number of fused-ring (bicyclic) bond motifs is 3. The quantitative estimate of drug-likeness (QED) is 0.532. The molecule has 1 atom stereocenters. The summed E-state index contributed by atoms with van der Waals surface area (Å²) in [5, 5.41) is 9.11. The fourth-order valence-electron chi connectivity index (χ4n) is 4.80. The summed E-state index contributed by atoms with van der Waals surface area (Å²) in [5.74, 6) is 0. The fraction of sp³-hybridized carbons (Fsp3) is 0.348. The zero-order valence-corrected chi connectivity index (χ0v) is 18.0. The smallest absolute Gasteiger partial charge is 0.283 e. The second-order valence-electron chi connectivity index (χ2n) is 8.34. The number of aromatic nitrogens is 3. The molecule has 7 nitrogen and oxygen atoms in total. The Hall–Kier alpha value is -2.97. The number of anilines is 3. The van der Waals surface area contributed by atoms with Gasteiger partial charge in [0.15, 0.2) is 0 Å². The number of hydrogen-bond acceptors (Lipinski definition) is 7. The molecule has 6 rings (SSSR count). The van der Waals surface area contributed by atoms with Crippen molar-refractivity contribution in [1.82, 2.24) is 19.5 Å². The number of rotatable bonds is 3. The summed E-state index contributed by atoms with van der Waals surface area (Å²) in [5.41, 5.74) is 2.77. The third-order valence-corrected chi connectivity index (χ3v) is 7.23. The second-order valence-corrected chi connectivity index (χ2v) is 9.30. The van der Waals surface area contributed by atoms with Crippen molar-refractivity contribution in [2.45, 2.75) is 25.3 Å². The van der Waals surface area contributed by atoms with Crippen LogP contribution in [-0.2, 0) is 0 Å². The molecule has 2 aliphatic rings. The van der Waals surface area contributed by atoms with Gasteiger partial charge in [0.05, 0.1) is 10.9 Å². The van der Waals surface area contributed by atoms with Crippen molar-refractivity contribution in [3.8, 4) is 0 Å². The number of benzene rings is 2. The van der Waals surface area contributed by atoms with Crippen LogP contribution in [0.4, 0.5) is 16.5 Å². The number of piperazine rings is 1. The zero-order valence-electron chi connectivity index (χ0n) is 17.2. The van der Waals surface area contributed by atoms with E-state index in [-0.39, 0.29) is 5.56 Å². The Morgan fingerprint density at radius 2 is 1.97 bits per heavy atom. The summed E-state index contributed by atoms with van der Waals surface area (Å²) in [4.78, 5) is 23.1. The lowest BCUT2D eigenvalue weighted by Gasteiger charge is -2.45. The molecule has 0 saturated carbocycles. The normalized spacial score (nSPS) is 19.6. The Kier molecular flexibility index (Phi) is 4.61. The van der Waals surface area contributed by atoms with Gasteiger partial charge in [0, 0.05) is 37.1 Å². The van der Waals surface area contributed by atoms with Gasteiger partial charge in [-0.1, -0.05) is 36.0 Å². The van der Waals surface area contributed by atoms with E-state index in [1.54, 1.807) is 6.07 Å². The molecule has 2 saturated heterocycles. The highest BCUT2D eigenvalue weighted by Gasteiger charge is 2.29. The first-order chi connectivity index (χ1) is 15.2. The van der Waals surface area contributed by atoms with E-state index in [2.05, 4.69) is 43.4 Å². The van der Waals surface area contributed by atoms with Crippen LogP contribution in [-0.4, -0.2) is 51.7 Å². The van der Waals surface area contributed by atoms with Gasteiger partial charge in [0.1, 0.15) is 0 Å². The molecule has 158 valence electrons. The molecule has 2 aromatic heterocycles. The maximum absolute atomic E-state index is 12.8. The van der Waals surface area contributed by atoms with Crippen LogP contribution in [0.3, 0.4) is 0 Å². The highest BCUT2D eigenvalue weighted by molar-refractivity contribution is 7.20.